The summed E-state index contributed by atoms with van der Waals surface area (Å²) in [7, 11) is 3.44. The number of rotatable bonds is 4. The first kappa shape index (κ1) is 13.9. The van der Waals surface area contributed by atoms with Crippen molar-refractivity contribution in [1.82, 2.24) is 0 Å². The van der Waals surface area contributed by atoms with Gasteiger partial charge in [-0.25, -0.2) is 0 Å². The van der Waals surface area contributed by atoms with E-state index in [1.807, 2.05) is 0 Å². The molecule has 0 aromatic rings. The number of hydrogen-bond acceptors (Lipinski definition) is 3. The van der Waals surface area contributed by atoms with Gasteiger partial charge in [0, 0.05) is 27.1 Å². The van der Waals surface area contributed by atoms with E-state index in [0.717, 1.165) is 12.8 Å². The van der Waals surface area contributed by atoms with E-state index in [2.05, 4.69) is 27.7 Å². The van der Waals surface area contributed by atoms with Gasteiger partial charge in [0.1, 0.15) is 0 Å². The Kier molecular flexibility index (Phi) is 4.38. The molecule has 1 fully saturated rings. The summed E-state index contributed by atoms with van der Waals surface area (Å²) in [6.07, 6.45) is 1.61. The van der Waals surface area contributed by atoms with Gasteiger partial charge in [-0.1, -0.05) is 27.7 Å². The van der Waals surface area contributed by atoms with Crippen molar-refractivity contribution in [2.75, 3.05) is 20.8 Å². The molecule has 3 nitrogen and oxygen atoms in total. The summed E-state index contributed by atoms with van der Waals surface area (Å²) >= 11 is 0. The fourth-order valence-electron chi connectivity index (χ4n) is 2.80. The Hall–Kier alpha value is -0.120. The summed E-state index contributed by atoms with van der Waals surface area (Å²) in [6.45, 7) is 9.55. The van der Waals surface area contributed by atoms with Crippen molar-refractivity contribution in [2.45, 2.75) is 51.9 Å². The molecule has 96 valence electrons. The molecule has 0 atom stereocenters. The summed E-state index contributed by atoms with van der Waals surface area (Å²) in [5.74, 6) is 0.447. The predicted octanol–water partition coefficient (Wildman–Crippen LogP) is 2.84. The molecule has 3 heteroatoms. The summed E-state index contributed by atoms with van der Waals surface area (Å²) in [6, 6.07) is 0. The van der Waals surface area contributed by atoms with Crippen LogP contribution < -0.4 is 0 Å². The van der Waals surface area contributed by atoms with Gasteiger partial charge in [-0.3, -0.25) is 0 Å². The molecule has 0 bridgehead atoms. The van der Waals surface area contributed by atoms with Gasteiger partial charge in [0.15, 0.2) is 5.79 Å². The van der Waals surface area contributed by atoms with E-state index in [-0.39, 0.29) is 5.60 Å². The third kappa shape index (κ3) is 2.27. The highest BCUT2D eigenvalue weighted by atomic mass is 16.7. The van der Waals surface area contributed by atoms with Gasteiger partial charge in [0.25, 0.3) is 0 Å². The minimum atomic E-state index is -0.465. The van der Waals surface area contributed by atoms with Crippen LogP contribution in [0.1, 0.15) is 40.5 Å². The minimum Gasteiger partial charge on any atom is -0.374 e. The van der Waals surface area contributed by atoms with Gasteiger partial charge in [0.2, 0.25) is 0 Å². The van der Waals surface area contributed by atoms with E-state index in [1.165, 1.54) is 0 Å². The molecule has 0 aromatic carbocycles. The molecule has 1 rings (SSSR count). The van der Waals surface area contributed by atoms with Gasteiger partial charge in [-0.15, -0.1) is 0 Å². The topological polar surface area (TPSA) is 27.7 Å². The molecule has 16 heavy (non-hydrogen) atoms. The zero-order valence-electron chi connectivity index (χ0n) is 11.5. The molecule has 1 aliphatic rings. The average Bonchev–Trinajstić information content (AvgIpc) is 2.28. The Morgan fingerprint density at radius 2 is 1.50 bits per heavy atom. The molecular weight excluding hydrogens is 204 g/mol. The Balaban J connectivity index is 2.95. The normalized spacial score (nSPS) is 24.0. The summed E-state index contributed by atoms with van der Waals surface area (Å²) in [5.41, 5.74) is -0.135. The van der Waals surface area contributed by atoms with Crippen LogP contribution in [0.4, 0.5) is 0 Å². The van der Waals surface area contributed by atoms with Crippen LogP contribution in [0.3, 0.4) is 0 Å². The second-order valence-electron chi connectivity index (χ2n) is 5.36. The molecule has 0 amide bonds. The van der Waals surface area contributed by atoms with Crippen LogP contribution >= 0.6 is 0 Å². The lowest BCUT2D eigenvalue weighted by Gasteiger charge is -2.50. The fourth-order valence-corrected chi connectivity index (χ4v) is 2.80. The molecule has 0 aliphatic carbocycles. The van der Waals surface area contributed by atoms with Gasteiger partial charge < -0.3 is 14.2 Å². The predicted molar refractivity (Wildman–Crippen MR) is 64.3 cm³/mol. The van der Waals surface area contributed by atoms with Gasteiger partial charge in [0.05, 0.1) is 12.2 Å². The fraction of sp³-hybridized carbons (Fsp3) is 1.00. The van der Waals surface area contributed by atoms with Crippen molar-refractivity contribution in [2.24, 2.45) is 11.8 Å². The van der Waals surface area contributed by atoms with Crippen LogP contribution in [0.15, 0.2) is 0 Å². The van der Waals surface area contributed by atoms with Crippen LogP contribution in [0.25, 0.3) is 0 Å². The number of ether oxygens (including phenoxy) is 3. The average molecular weight is 230 g/mol. The van der Waals surface area contributed by atoms with E-state index in [1.54, 1.807) is 14.2 Å². The summed E-state index contributed by atoms with van der Waals surface area (Å²) < 4.78 is 17.3. The lowest BCUT2D eigenvalue weighted by atomic mass is 9.73. The van der Waals surface area contributed by atoms with Crippen molar-refractivity contribution in [1.29, 1.82) is 0 Å². The van der Waals surface area contributed by atoms with Crippen LogP contribution in [0, 0.1) is 11.8 Å². The lowest BCUT2D eigenvalue weighted by Crippen LogP contribution is -2.56. The van der Waals surface area contributed by atoms with E-state index in [0.29, 0.717) is 18.4 Å². The maximum atomic E-state index is 6.09. The van der Waals surface area contributed by atoms with Crippen LogP contribution in [-0.4, -0.2) is 32.2 Å². The van der Waals surface area contributed by atoms with Crippen LogP contribution in [0.5, 0.6) is 0 Å². The standard InChI is InChI=1S/C13H26O3/c1-10(2)13(11(3)4)9-12(14-5,15-6)7-8-16-13/h10-11H,7-9H2,1-6H3. The first-order valence-electron chi connectivity index (χ1n) is 6.16. The number of methoxy groups -OCH3 is 2. The highest BCUT2D eigenvalue weighted by Gasteiger charge is 2.50. The Morgan fingerprint density at radius 3 is 1.88 bits per heavy atom. The second kappa shape index (κ2) is 5.03. The largest absolute Gasteiger partial charge is 0.374 e. The van der Waals surface area contributed by atoms with Crippen LogP contribution in [0.2, 0.25) is 0 Å². The SMILES string of the molecule is COC1(OC)CCOC(C(C)C)(C(C)C)C1. The van der Waals surface area contributed by atoms with E-state index < -0.39 is 5.79 Å². The summed E-state index contributed by atoms with van der Waals surface area (Å²) in [5, 5.41) is 0. The Labute approximate surface area is 99.5 Å². The van der Waals surface area contributed by atoms with E-state index in [9.17, 15) is 0 Å². The third-order valence-electron chi connectivity index (χ3n) is 4.10. The zero-order valence-corrected chi connectivity index (χ0v) is 11.5. The monoisotopic (exact) mass is 230 g/mol. The molecule has 0 aromatic heterocycles. The van der Waals surface area contributed by atoms with Gasteiger partial charge in [-0.05, 0) is 11.8 Å². The molecule has 0 unspecified atom stereocenters. The smallest absolute Gasteiger partial charge is 0.172 e. The van der Waals surface area contributed by atoms with E-state index >= 15 is 0 Å². The molecule has 0 saturated carbocycles. The second-order valence-corrected chi connectivity index (χ2v) is 5.36. The summed E-state index contributed by atoms with van der Waals surface area (Å²) in [4.78, 5) is 0. The lowest BCUT2D eigenvalue weighted by molar-refractivity contribution is -0.294. The van der Waals surface area contributed by atoms with Crippen molar-refractivity contribution < 1.29 is 14.2 Å². The van der Waals surface area contributed by atoms with Gasteiger partial charge >= 0.3 is 0 Å². The van der Waals surface area contributed by atoms with Crippen LogP contribution in [-0.2, 0) is 14.2 Å². The molecule has 1 heterocycles. The first-order chi connectivity index (χ1) is 7.42. The Morgan fingerprint density at radius 1 is 1.00 bits per heavy atom. The zero-order chi connectivity index (χ0) is 12.4. The molecule has 0 radical (unpaired) electrons. The van der Waals surface area contributed by atoms with Gasteiger partial charge in [-0.2, -0.15) is 0 Å². The Bertz CT molecular complexity index is 211. The maximum absolute atomic E-state index is 6.09. The number of hydrogen-bond donors (Lipinski definition) is 0. The van der Waals surface area contributed by atoms with Crippen molar-refractivity contribution >= 4 is 0 Å². The van der Waals surface area contributed by atoms with Crippen molar-refractivity contribution in [3.8, 4) is 0 Å². The molecule has 0 N–H and O–H groups in total. The highest BCUT2D eigenvalue weighted by Crippen LogP contribution is 2.43. The first-order valence-corrected chi connectivity index (χ1v) is 6.16. The highest BCUT2D eigenvalue weighted by molar-refractivity contribution is 4.96. The quantitative estimate of drug-likeness (QED) is 0.695. The molecule has 1 saturated heterocycles. The minimum absolute atomic E-state index is 0.135. The third-order valence-corrected chi connectivity index (χ3v) is 4.10. The molecule has 0 spiro atoms. The van der Waals surface area contributed by atoms with Crippen molar-refractivity contribution in [3.05, 3.63) is 0 Å². The van der Waals surface area contributed by atoms with Crippen molar-refractivity contribution in [3.63, 3.8) is 0 Å². The molecular formula is C13H26O3. The maximum Gasteiger partial charge on any atom is 0.172 e. The molecule has 1 aliphatic heterocycles. The van der Waals surface area contributed by atoms with E-state index in [4.69, 9.17) is 14.2 Å².